The molecule has 0 unspecified atom stereocenters. The van der Waals surface area contributed by atoms with Gasteiger partial charge in [0.25, 0.3) is 17.0 Å². The van der Waals surface area contributed by atoms with E-state index < -0.39 is 17.9 Å². The molecular weight excluding hydrogens is 1410 g/mol. The molecule has 0 spiro atoms. The Labute approximate surface area is 610 Å². The standard InChI is InChI=1S/2C26H24N4O5.C15H18N2O.C11H9NO4.BrH/c2*1-14-22(24(32)30(29-14)16-8-7-15-11-12-26(2,3)18(15)13-16)28-27-19-6-4-5-17(23(19)31)20-9-10-21(35-20)25(33)34;1-10-8-14(18)17(16-10)12-5-4-11-6-7-15(2,3)13(11)9-12;12-7-3-1-2-6(10(7)13)8-4-5-9(16-8)11(14)15;/h2*4-10,13,29,31H,11-12H2,1-3H3,(H,33,34);4-5,9H,6-8H2,1-3H3;1-5,13H,12H2,(H,14,15);1H. The monoisotopic (exact) mass is 1490 g/mol. The smallest absolute Gasteiger partial charge is 0.371 e. The molecule has 0 saturated heterocycles. The molecule has 15 rings (SSSR count). The van der Waals surface area contributed by atoms with Gasteiger partial charge in [0.15, 0.2) is 22.9 Å². The van der Waals surface area contributed by atoms with Crippen molar-refractivity contribution in [1.29, 1.82) is 0 Å². The molecule has 0 bridgehead atoms. The summed E-state index contributed by atoms with van der Waals surface area (Å²) >= 11 is 0. The molecule has 26 nitrogen and oxygen atoms in total. The summed E-state index contributed by atoms with van der Waals surface area (Å²) in [5.74, 6) is -4.15. The number of phenols is 3. The molecule has 540 valence electrons. The van der Waals surface area contributed by atoms with Gasteiger partial charge in [0.1, 0.15) is 34.4 Å². The molecule has 4 aliphatic rings. The number of nitrogen functional groups attached to an aromatic ring is 1. The first-order valence-electron chi connectivity index (χ1n) is 33.3. The second kappa shape index (κ2) is 29.2. The minimum absolute atomic E-state index is 0. The summed E-state index contributed by atoms with van der Waals surface area (Å²) in [5, 5.41) is 86.3. The zero-order valence-electron chi connectivity index (χ0n) is 58.7. The number of nitrogens with two attached hydrogens (primary N) is 1. The van der Waals surface area contributed by atoms with Crippen molar-refractivity contribution >= 4 is 80.6 Å². The Hall–Kier alpha value is -12.4. The number of H-pyrrole nitrogens is 2. The summed E-state index contributed by atoms with van der Waals surface area (Å²) in [6.07, 6.45) is 6.96. The number of nitrogens with one attached hydrogen (secondary N) is 2. The van der Waals surface area contributed by atoms with Crippen molar-refractivity contribution in [2.24, 2.45) is 25.6 Å². The van der Waals surface area contributed by atoms with E-state index in [1.807, 2.05) is 37.3 Å². The predicted molar refractivity (Wildman–Crippen MR) is 399 cm³/mol. The van der Waals surface area contributed by atoms with Gasteiger partial charge in [-0.05, 0) is 218 Å². The summed E-state index contributed by atoms with van der Waals surface area (Å²) in [4.78, 5) is 71.0. The molecule has 27 heteroatoms. The largest absolute Gasteiger partial charge is 0.505 e. The number of anilines is 2. The third-order valence-electron chi connectivity index (χ3n) is 19.1. The number of carboxylic acid groups (broad SMARTS) is 3. The molecule has 0 radical (unpaired) electrons. The number of amides is 1. The molecule has 3 aliphatic carbocycles. The van der Waals surface area contributed by atoms with Gasteiger partial charge in [0.05, 0.1) is 57.2 Å². The van der Waals surface area contributed by atoms with Crippen molar-refractivity contribution in [2.75, 3.05) is 10.7 Å². The number of rotatable bonds is 13. The lowest BCUT2D eigenvalue weighted by molar-refractivity contribution is -0.116. The Morgan fingerprint density at radius 3 is 1.18 bits per heavy atom. The minimum Gasteiger partial charge on any atom is -0.505 e. The highest BCUT2D eigenvalue weighted by Crippen LogP contribution is 2.45. The number of aromatic carboxylic acids is 3. The Kier molecular flexibility index (Phi) is 20.5. The number of carbonyl (C=O) groups excluding carboxylic acids is 1. The highest BCUT2D eigenvalue weighted by atomic mass is 79.9. The van der Waals surface area contributed by atoms with E-state index in [0.717, 1.165) is 54.9 Å². The maximum atomic E-state index is 13.2. The number of carboxylic acids is 3. The first kappa shape index (κ1) is 73.8. The highest BCUT2D eigenvalue weighted by Gasteiger charge is 2.34. The van der Waals surface area contributed by atoms with Crippen molar-refractivity contribution < 1.29 is 63.1 Å². The van der Waals surface area contributed by atoms with E-state index in [9.17, 15) is 44.1 Å². The van der Waals surface area contributed by atoms with Crippen molar-refractivity contribution in [3.8, 4) is 62.6 Å². The maximum Gasteiger partial charge on any atom is 0.371 e. The second-order valence-electron chi connectivity index (χ2n) is 27.7. The molecule has 1 amide bonds. The third-order valence-corrected chi connectivity index (χ3v) is 19.1. The number of fused-ring (bicyclic) bond motifs is 3. The van der Waals surface area contributed by atoms with Crippen molar-refractivity contribution in [3.05, 3.63) is 228 Å². The lowest BCUT2D eigenvalue weighted by Crippen LogP contribution is -2.20. The minimum atomic E-state index is -1.21. The van der Waals surface area contributed by atoms with Crippen LogP contribution in [0.15, 0.2) is 194 Å². The fourth-order valence-corrected chi connectivity index (χ4v) is 13.2. The number of hydrogen-bond donors (Lipinski definition) is 9. The maximum absolute atomic E-state index is 13.2. The van der Waals surface area contributed by atoms with Crippen LogP contribution in [0.3, 0.4) is 0 Å². The van der Waals surface area contributed by atoms with Gasteiger partial charge < -0.3 is 49.6 Å². The van der Waals surface area contributed by atoms with Gasteiger partial charge in [0, 0.05) is 5.71 Å². The van der Waals surface area contributed by atoms with E-state index in [-0.39, 0.29) is 142 Å². The van der Waals surface area contributed by atoms with E-state index in [2.05, 4.69) is 102 Å². The van der Waals surface area contributed by atoms with Crippen LogP contribution in [0.4, 0.5) is 34.1 Å². The Balaban J connectivity index is 0.000000147. The zero-order chi connectivity index (χ0) is 74.4. The van der Waals surface area contributed by atoms with Crippen molar-refractivity contribution in [2.45, 2.75) is 124 Å². The van der Waals surface area contributed by atoms with Crippen LogP contribution < -0.4 is 21.9 Å². The Bertz CT molecular complexity index is 5250. The number of para-hydroxylation sites is 3. The predicted octanol–water partition coefficient (Wildman–Crippen LogP) is 17.1. The van der Waals surface area contributed by atoms with Crippen LogP contribution in [0.25, 0.3) is 45.3 Å². The molecule has 0 atom stereocenters. The highest BCUT2D eigenvalue weighted by molar-refractivity contribution is 8.93. The van der Waals surface area contributed by atoms with E-state index >= 15 is 0 Å². The molecule has 0 fully saturated rings. The van der Waals surface area contributed by atoms with E-state index in [1.165, 1.54) is 97.7 Å². The Morgan fingerprint density at radius 2 is 0.829 bits per heavy atom. The number of halogens is 1. The molecule has 6 heterocycles. The molecule has 10 N–H and O–H groups in total. The van der Waals surface area contributed by atoms with Gasteiger partial charge in [-0.2, -0.15) is 5.10 Å². The number of phenolic OH excluding ortho intramolecular Hbond substituents is 3. The number of aromatic amines is 2. The van der Waals surface area contributed by atoms with Crippen LogP contribution in [0, 0.1) is 13.8 Å². The van der Waals surface area contributed by atoms with Crippen molar-refractivity contribution in [1.82, 2.24) is 19.6 Å². The number of benzene rings is 6. The number of furan rings is 3. The second-order valence-corrected chi connectivity index (χ2v) is 27.7. The topological polar surface area (TPSA) is 396 Å². The number of azo groups is 2. The van der Waals surface area contributed by atoms with Gasteiger partial charge in [-0.15, -0.1) is 37.4 Å². The molecule has 6 aromatic carbocycles. The average Bonchev–Trinajstić information content (AvgIpc) is 1.64. The summed E-state index contributed by atoms with van der Waals surface area (Å²) in [7, 11) is 0. The van der Waals surface area contributed by atoms with Gasteiger partial charge in [-0.3, -0.25) is 24.6 Å². The van der Waals surface area contributed by atoms with Gasteiger partial charge in [0.2, 0.25) is 17.3 Å². The van der Waals surface area contributed by atoms with Crippen LogP contribution in [-0.4, -0.2) is 79.7 Å². The van der Waals surface area contributed by atoms with E-state index in [1.54, 1.807) is 61.3 Å². The van der Waals surface area contributed by atoms with Gasteiger partial charge in [-0.25, -0.2) is 28.8 Å². The van der Waals surface area contributed by atoms with Gasteiger partial charge in [-0.1, -0.05) is 77.9 Å². The molecule has 11 aromatic rings. The average molecular weight is 1490 g/mol. The number of hydrazone groups is 1. The number of nitrogens with zero attached hydrogens (tertiary/aromatic N) is 8. The number of aromatic nitrogens is 4. The first-order chi connectivity index (χ1) is 49.4. The number of aryl methyl sites for hydroxylation is 5. The summed E-state index contributed by atoms with van der Waals surface area (Å²) in [6, 6.07) is 40.9. The molecule has 1 aliphatic heterocycles. The number of hydrogen-bond acceptors (Lipinski definition) is 18. The normalized spacial score (nSPS) is 14.8. The summed E-state index contributed by atoms with van der Waals surface area (Å²) in [6.45, 7) is 18.7. The van der Waals surface area contributed by atoms with Crippen LogP contribution in [0.5, 0.6) is 17.2 Å². The fourth-order valence-electron chi connectivity index (χ4n) is 13.2. The quantitative estimate of drug-likeness (QED) is 0.0294. The SMILES string of the molecule is Br.CC1=NN(c2ccc3c(c2)C(C)(C)CC3)C(=O)C1.Cc1[nH]n(-c2ccc3c(c2)C(C)(C)CC3)c(=O)c1N=Nc1cccc(-c2ccc(C(=O)O)o2)c1O.Cc1[nH]n(-c2ccc3c(c2)C(C)(C)CC3)c(=O)c1N=Nc1cccc(-c2ccc(C(=O)O)o2)c1O.Nc1cccc(-c2ccc(C(=O)O)o2)c1O. The summed E-state index contributed by atoms with van der Waals surface area (Å²) in [5.41, 5.74) is 18.9. The molecule has 0 saturated carbocycles. The van der Waals surface area contributed by atoms with Crippen molar-refractivity contribution in [3.63, 3.8) is 0 Å². The molecular formula is C78H76BrN11O15. The zero-order valence-corrected chi connectivity index (χ0v) is 60.4. The van der Waals surface area contributed by atoms with Crippen LogP contribution in [-0.2, 0) is 40.3 Å². The first-order valence-corrected chi connectivity index (χ1v) is 33.3. The van der Waals surface area contributed by atoms with E-state index in [4.69, 9.17) is 34.3 Å². The fraction of sp³-hybridized carbons (Fsp3) is 0.244. The lowest BCUT2D eigenvalue weighted by atomic mass is 9.86. The number of carbonyl (C=O) groups is 4. The molecule has 5 aromatic heterocycles. The van der Waals surface area contributed by atoms with E-state index in [0.29, 0.717) is 23.4 Å². The summed E-state index contributed by atoms with van der Waals surface area (Å²) < 4.78 is 18.5. The molecule has 105 heavy (non-hydrogen) atoms. The van der Waals surface area contributed by atoms with Crippen LogP contribution in [0.2, 0.25) is 0 Å². The van der Waals surface area contributed by atoms with Gasteiger partial charge >= 0.3 is 17.9 Å². The lowest BCUT2D eigenvalue weighted by Gasteiger charge is -2.21. The Morgan fingerprint density at radius 1 is 0.476 bits per heavy atom. The van der Waals surface area contributed by atoms with Crippen LogP contribution in [0.1, 0.15) is 151 Å². The third kappa shape index (κ3) is 15.0. The van der Waals surface area contributed by atoms with Crippen LogP contribution >= 0.6 is 17.0 Å². The number of aromatic hydroxyl groups is 3.